The van der Waals surface area contributed by atoms with Crippen LogP contribution in [0.4, 0.5) is 0 Å². The summed E-state index contributed by atoms with van der Waals surface area (Å²) in [4.78, 5) is 10.7. The Kier molecular flexibility index (Phi) is 4.32. The summed E-state index contributed by atoms with van der Waals surface area (Å²) in [5.74, 6) is 0.0203. The summed E-state index contributed by atoms with van der Waals surface area (Å²) in [6, 6.07) is 0. The lowest BCUT2D eigenvalue weighted by Gasteiger charge is -1.81. The molecule has 0 bridgehead atoms. The molecule has 0 aromatic rings. The van der Waals surface area contributed by atoms with Gasteiger partial charge in [0, 0.05) is 0 Å². The van der Waals surface area contributed by atoms with Crippen LogP contribution in [0.2, 0.25) is 0 Å². The third kappa shape index (κ3) is 5.50. The van der Waals surface area contributed by atoms with E-state index in [1.807, 2.05) is 13.8 Å². The molecule has 0 spiro atoms. The Morgan fingerprint density at radius 3 is 2.44 bits per heavy atom. The minimum absolute atomic E-state index is 0.0203. The predicted octanol–water partition coefficient (Wildman–Crippen LogP) is 2.43. The van der Waals surface area contributed by atoms with Gasteiger partial charge in [-0.25, -0.2) is 0 Å². The Bertz CT molecular complexity index is 152. The van der Waals surface area contributed by atoms with Crippen molar-refractivity contribution in [3.05, 3.63) is 22.7 Å². The van der Waals surface area contributed by atoms with Crippen LogP contribution >= 0.6 is 15.9 Å². The van der Waals surface area contributed by atoms with E-state index in [2.05, 4.69) is 15.9 Å². The highest BCUT2D eigenvalue weighted by Crippen LogP contribution is 2.01. The number of hydrogen-bond donors (Lipinski definition) is 0. The SMILES string of the molecule is C/C=C\C(=O)/C=C(/C)Br. The molecule has 0 atom stereocenters. The molecule has 0 heterocycles. The molecule has 0 N–H and O–H groups in total. The van der Waals surface area contributed by atoms with Crippen LogP contribution in [0.3, 0.4) is 0 Å². The van der Waals surface area contributed by atoms with Gasteiger partial charge in [-0.15, -0.1) is 0 Å². The number of carbonyl (C=O) groups excluding carboxylic acids is 1. The van der Waals surface area contributed by atoms with Gasteiger partial charge in [0.1, 0.15) is 0 Å². The van der Waals surface area contributed by atoms with Gasteiger partial charge < -0.3 is 0 Å². The normalized spacial score (nSPS) is 12.6. The quantitative estimate of drug-likeness (QED) is 0.609. The third-order valence-electron chi connectivity index (χ3n) is 0.672. The molecule has 0 saturated heterocycles. The van der Waals surface area contributed by atoms with Gasteiger partial charge in [0.15, 0.2) is 5.78 Å². The maximum absolute atomic E-state index is 10.7. The summed E-state index contributed by atoms with van der Waals surface area (Å²) in [6.45, 7) is 3.64. The van der Waals surface area contributed by atoms with Gasteiger partial charge in [-0.3, -0.25) is 4.79 Å². The minimum Gasteiger partial charge on any atom is -0.290 e. The smallest absolute Gasteiger partial charge is 0.179 e. The summed E-state index contributed by atoms with van der Waals surface area (Å²) in [5.41, 5.74) is 0. The van der Waals surface area contributed by atoms with Gasteiger partial charge in [0.05, 0.1) is 0 Å². The Hall–Kier alpha value is -0.370. The molecule has 0 aromatic carbocycles. The van der Waals surface area contributed by atoms with Crippen molar-refractivity contribution in [3.63, 3.8) is 0 Å². The third-order valence-corrected chi connectivity index (χ3v) is 0.901. The molecular weight excluding hydrogens is 180 g/mol. The number of allylic oxidation sites excluding steroid dienone is 4. The van der Waals surface area contributed by atoms with E-state index in [4.69, 9.17) is 0 Å². The van der Waals surface area contributed by atoms with Crippen molar-refractivity contribution in [2.45, 2.75) is 13.8 Å². The number of ketones is 1. The second-order valence-corrected chi connectivity index (χ2v) is 2.88. The van der Waals surface area contributed by atoms with Crippen LogP contribution in [0.25, 0.3) is 0 Å². The van der Waals surface area contributed by atoms with Gasteiger partial charge in [0.25, 0.3) is 0 Å². The predicted molar refractivity (Wildman–Crippen MR) is 42.5 cm³/mol. The first-order valence-corrected chi connectivity index (χ1v) is 3.46. The molecule has 50 valence electrons. The fraction of sp³-hybridized carbons (Fsp3) is 0.286. The second kappa shape index (κ2) is 4.50. The summed E-state index contributed by atoms with van der Waals surface area (Å²) >= 11 is 3.15. The fourth-order valence-electron chi connectivity index (χ4n) is 0.408. The van der Waals surface area contributed by atoms with Gasteiger partial charge in [-0.1, -0.05) is 22.0 Å². The maximum atomic E-state index is 10.7. The average molecular weight is 189 g/mol. The van der Waals surface area contributed by atoms with Crippen LogP contribution < -0.4 is 0 Å². The fourth-order valence-corrected chi connectivity index (χ4v) is 0.634. The lowest BCUT2D eigenvalue weighted by molar-refractivity contribution is -0.110. The lowest BCUT2D eigenvalue weighted by atomic mass is 10.3. The number of hydrogen-bond acceptors (Lipinski definition) is 1. The molecule has 0 saturated carbocycles. The van der Waals surface area contributed by atoms with Crippen molar-refractivity contribution in [3.8, 4) is 0 Å². The van der Waals surface area contributed by atoms with Crippen LogP contribution in [-0.4, -0.2) is 5.78 Å². The number of carbonyl (C=O) groups is 1. The number of rotatable bonds is 2. The Morgan fingerprint density at radius 1 is 1.56 bits per heavy atom. The molecule has 9 heavy (non-hydrogen) atoms. The van der Waals surface area contributed by atoms with Crippen molar-refractivity contribution in [1.29, 1.82) is 0 Å². The Balaban J connectivity index is 3.93. The molecule has 2 heteroatoms. The zero-order valence-electron chi connectivity index (χ0n) is 5.52. The van der Waals surface area contributed by atoms with E-state index in [1.165, 1.54) is 12.2 Å². The van der Waals surface area contributed by atoms with Gasteiger partial charge in [-0.2, -0.15) is 0 Å². The first-order valence-electron chi connectivity index (χ1n) is 2.67. The molecule has 0 aromatic heterocycles. The first-order chi connectivity index (χ1) is 4.16. The van der Waals surface area contributed by atoms with Crippen molar-refractivity contribution >= 4 is 21.7 Å². The first kappa shape index (κ1) is 8.63. The summed E-state index contributed by atoms with van der Waals surface area (Å²) in [5, 5.41) is 0. The van der Waals surface area contributed by atoms with E-state index in [-0.39, 0.29) is 5.78 Å². The lowest BCUT2D eigenvalue weighted by Crippen LogP contribution is -1.83. The van der Waals surface area contributed by atoms with Crippen LogP contribution in [0.1, 0.15) is 13.8 Å². The molecule has 1 nitrogen and oxygen atoms in total. The van der Waals surface area contributed by atoms with Gasteiger partial charge >= 0.3 is 0 Å². The second-order valence-electron chi connectivity index (χ2n) is 1.63. The Labute approximate surface area is 63.6 Å². The summed E-state index contributed by atoms with van der Waals surface area (Å²) in [6.07, 6.45) is 4.76. The van der Waals surface area contributed by atoms with Crippen LogP contribution in [0.15, 0.2) is 22.7 Å². The van der Waals surface area contributed by atoms with Crippen molar-refractivity contribution in [2.75, 3.05) is 0 Å². The molecule has 0 fully saturated rings. The van der Waals surface area contributed by atoms with Crippen LogP contribution in [-0.2, 0) is 4.79 Å². The van der Waals surface area contributed by atoms with Crippen molar-refractivity contribution in [1.82, 2.24) is 0 Å². The van der Waals surface area contributed by atoms with E-state index in [0.717, 1.165) is 4.48 Å². The molecule has 0 aliphatic carbocycles. The Morgan fingerprint density at radius 2 is 2.11 bits per heavy atom. The summed E-state index contributed by atoms with van der Waals surface area (Å²) in [7, 11) is 0. The van der Waals surface area contributed by atoms with E-state index in [0.29, 0.717) is 0 Å². The molecule has 0 radical (unpaired) electrons. The highest BCUT2D eigenvalue weighted by atomic mass is 79.9. The molecule has 0 aliphatic heterocycles. The number of halogens is 1. The average Bonchev–Trinajstić information content (AvgIpc) is 1.63. The highest BCUT2D eigenvalue weighted by molar-refractivity contribution is 9.11. The van der Waals surface area contributed by atoms with E-state index < -0.39 is 0 Å². The van der Waals surface area contributed by atoms with E-state index in [1.54, 1.807) is 6.08 Å². The van der Waals surface area contributed by atoms with Crippen molar-refractivity contribution < 1.29 is 4.79 Å². The highest BCUT2D eigenvalue weighted by Gasteiger charge is 1.87. The zero-order valence-corrected chi connectivity index (χ0v) is 7.10. The zero-order chi connectivity index (χ0) is 7.28. The molecular formula is C7H9BrO. The van der Waals surface area contributed by atoms with Crippen LogP contribution in [0, 0.1) is 0 Å². The maximum Gasteiger partial charge on any atom is 0.179 e. The molecule has 0 rings (SSSR count). The van der Waals surface area contributed by atoms with Crippen molar-refractivity contribution in [2.24, 2.45) is 0 Å². The molecule has 0 aliphatic rings. The van der Waals surface area contributed by atoms with E-state index in [9.17, 15) is 4.79 Å². The van der Waals surface area contributed by atoms with Gasteiger partial charge in [-0.05, 0) is 30.5 Å². The van der Waals surface area contributed by atoms with Gasteiger partial charge in [0.2, 0.25) is 0 Å². The van der Waals surface area contributed by atoms with Crippen LogP contribution in [0.5, 0.6) is 0 Å². The summed E-state index contributed by atoms with van der Waals surface area (Å²) < 4.78 is 0.852. The monoisotopic (exact) mass is 188 g/mol. The standard InChI is InChI=1S/C7H9BrO/c1-3-4-7(9)5-6(2)8/h3-5H,1-2H3/b4-3-,6-5-. The largest absolute Gasteiger partial charge is 0.290 e. The van der Waals surface area contributed by atoms with E-state index >= 15 is 0 Å². The molecule has 0 unspecified atom stereocenters. The topological polar surface area (TPSA) is 17.1 Å². The molecule has 0 amide bonds. The minimum atomic E-state index is 0.0203.